The molecular weight excluding hydrogens is 192 g/mol. The number of aliphatic hydroxyl groups is 3. The Balaban J connectivity index is 0.000000423. The van der Waals surface area contributed by atoms with Gasteiger partial charge in [0, 0.05) is 6.61 Å². The highest BCUT2D eigenvalue weighted by molar-refractivity contribution is 5.25. The molecule has 0 aliphatic carbocycles. The van der Waals surface area contributed by atoms with Crippen LogP contribution < -0.4 is 0 Å². The molecule has 0 saturated carbocycles. The van der Waals surface area contributed by atoms with Crippen molar-refractivity contribution in [2.45, 2.75) is 33.0 Å². The van der Waals surface area contributed by atoms with Crippen LogP contribution in [0.1, 0.15) is 24.5 Å². The van der Waals surface area contributed by atoms with Crippen molar-refractivity contribution in [2.24, 2.45) is 0 Å². The maximum absolute atomic E-state index is 8.62. The fourth-order valence-corrected chi connectivity index (χ4v) is 1.16. The van der Waals surface area contributed by atoms with Crippen LogP contribution in [0.5, 0.6) is 0 Å². The van der Waals surface area contributed by atoms with Crippen molar-refractivity contribution in [3.05, 3.63) is 35.4 Å². The molecule has 0 saturated heterocycles. The van der Waals surface area contributed by atoms with Gasteiger partial charge in [0.1, 0.15) is 6.29 Å². The van der Waals surface area contributed by atoms with Crippen LogP contribution in [0, 0.1) is 6.92 Å². The van der Waals surface area contributed by atoms with Crippen LogP contribution in [0.2, 0.25) is 0 Å². The van der Waals surface area contributed by atoms with Gasteiger partial charge in [-0.3, -0.25) is 0 Å². The Morgan fingerprint density at radius 3 is 2.20 bits per heavy atom. The van der Waals surface area contributed by atoms with Crippen molar-refractivity contribution in [2.75, 3.05) is 6.61 Å². The zero-order valence-electron chi connectivity index (χ0n) is 9.35. The molecule has 3 nitrogen and oxygen atoms in total. The van der Waals surface area contributed by atoms with Gasteiger partial charge < -0.3 is 15.3 Å². The number of hydrogen-bond acceptors (Lipinski definition) is 3. The van der Waals surface area contributed by atoms with Crippen molar-refractivity contribution in [3.63, 3.8) is 0 Å². The number of aliphatic hydroxyl groups excluding tert-OH is 2. The third-order valence-corrected chi connectivity index (χ3v) is 1.87. The molecule has 0 atom stereocenters. The minimum absolute atomic E-state index is 0.286. The highest BCUT2D eigenvalue weighted by atomic mass is 16.5. The first-order valence-electron chi connectivity index (χ1n) is 5.09. The SMILES string of the molecule is CC(O)O.Cc1ccccc1CCCO. The normalized spacial score (nSPS) is 9.73. The lowest BCUT2D eigenvalue weighted by molar-refractivity contribution is -0.0228. The predicted octanol–water partition coefficient (Wildman–Crippen LogP) is 1.24. The molecule has 1 aromatic carbocycles. The lowest BCUT2D eigenvalue weighted by atomic mass is 10.0. The second-order valence-corrected chi connectivity index (χ2v) is 3.39. The lowest BCUT2D eigenvalue weighted by Gasteiger charge is -2.02. The fraction of sp³-hybridized carbons (Fsp3) is 0.500. The maximum Gasteiger partial charge on any atom is 0.148 e. The average Bonchev–Trinajstić information content (AvgIpc) is 2.16. The molecule has 15 heavy (non-hydrogen) atoms. The molecule has 3 heteroatoms. The van der Waals surface area contributed by atoms with Gasteiger partial charge in [0.25, 0.3) is 0 Å². The zero-order valence-corrected chi connectivity index (χ0v) is 9.35. The number of aryl methyl sites for hydroxylation is 2. The van der Waals surface area contributed by atoms with Crippen molar-refractivity contribution in [3.8, 4) is 0 Å². The molecule has 0 amide bonds. The summed E-state index contributed by atoms with van der Waals surface area (Å²) in [7, 11) is 0. The van der Waals surface area contributed by atoms with Gasteiger partial charge in [0.2, 0.25) is 0 Å². The molecule has 1 aromatic rings. The highest BCUT2D eigenvalue weighted by Gasteiger charge is 1.94. The van der Waals surface area contributed by atoms with E-state index in [1.165, 1.54) is 18.1 Å². The van der Waals surface area contributed by atoms with E-state index in [1.807, 2.05) is 12.1 Å². The largest absolute Gasteiger partial charge is 0.396 e. The highest BCUT2D eigenvalue weighted by Crippen LogP contribution is 2.08. The Kier molecular flexibility index (Phi) is 7.91. The molecular formula is C12H20O3. The fourth-order valence-electron chi connectivity index (χ4n) is 1.16. The van der Waals surface area contributed by atoms with Crippen LogP contribution in [0.3, 0.4) is 0 Å². The van der Waals surface area contributed by atoms with Gasteiger partial charge in [-0.2, -0.15) is 0 Å². The Morgan fingerprint density at radius 1 is 1.20 bits per heavy atom. The molecule has 0 bridgehead atoms. The van der Waals surface area contributed by atoms with Crippen LogP contribution >= 0.6 is 0 Å². The lowest BCUT2D eigenvalue weighted by Crippen LogP contribution is -1.92. The first-order valence-corrected chi connectivity index (χ1v) is 5.09. The van der Waals surface area contributed by atoms with E-state index in [4.69, 9.17) is 15.3 Å². The van der Waals surface area contributed by atoms with Crippen LogP contribution in [-0.2, 0) is 6.42 Å². The van der Waals surface area contributed by atoms with Crippen molar-refractivity contribution < 1.29 is 15.3 Å². The molecule has 0 fully saturated rings. The summed E-state index contributed by atoms with van der Waals surface area (Å²) in [6.45, 7) is 3.67. The predicted molar refractivity (Wildman–Crippen MR) is 60.5 cm³/mol. The molecule has 0 radical (unpaired) electrons. The summed E-state index contributed by atoms with van der Waals surface area (Å²) in [6, 6.07) is 8.30. The van der Waals surface area contributed by atoms with E-state index < -0.39 is 6.29 Å². The van der Waals surface area contributed by atoms with E-state index in [-0.39, 0.29) is 6.61 Å². The maximum atomic E-state index is 8.62. The van der Waals surface area contributed by atoms with Crippen LogP contribution in [0.25, 0.3) is 0 Å². The van der Waals surface area contributed by atoms with Gasteiger partial charge in [-0.25, -0.2) is 0 Å². The second kappa shape index (κ2) is 8.41. The molecule has 86 valence electrons. The summed E-state index contributed by atoms with van der Waals surface area (Å²) in [6.07, 6.45) is 0.689. The monoisotopic (exact) mass is 212 g/mol. The van der Waals surface area contributed by atoms with Gasteiger partial charge in [0.15, 0.2) is 0 Å². The molecule has 0 unspecified atom stereocenters. The van der Waals surface area contributed by atoms with Gasteiger partial charge in [-0.05, 0) is 37.8 Å². The summed E-state index contributed by atoms with van der Waals surface area (Å²) in [4.78, 5) is 0. The van der Waals surface area contributed by atoms with E-state index in [0.29, 0.717) is 0 Å². The van der Waals surface area contributed by atoms with Crippen LogP contribution in [0.15, 0.2) is 24.3 Å². The van der Waals surface area contributed by atoms with Gasteiger partial charge in [-0.15, -0.1) is 0 Å². The summed E-state index contributed by atoms with van der Waals surface area (Å²) < 4.78 is 0. The summed E-state index contributed by atoms with van der Waals surface area (Å²) in [5.74, 6) is 0. The molecule has 1 rings (SSSR count). The zero-order chi connectivity index (χ0) is 11.7. The third-order valence-electron chi connectivity index (χ3n) is 1.87. The standard InChI is InChI=1S/C10H14O.C2H6O2/c1-9-5-2-3-6-10(9)7-4-8-11;1-2(3)4/h2-3,5-6,11H,4,7-8H2,1H3;2-4H,1H3. The quantitative estimate of drug-likeness (QED) is 0.661. The van der Waals surface area contributed by atoms with Crippen LogP contribution in [0.4, 0.5) is 0 Å². The molecule has 3 N–H and O–H groups in total. The Morgan fingerprint density at radius 2 is 1.73 bits per heavy atom. The Hall–Kier alpha value is -0.900. The van der Waals surface area contributed by atoms with Crippen LogP contribution in [-0.4, -0.2) is 28.2 Å². The summed E-state index contributed by atoms with van der Waals surface area (Å²) >= 11 is 0. The molecule has 0 aliphatic heterocycles. The molecule has 0 heterocycles. The van der Waals surface area contributed by atoms with Crippen molar-refractivity contribution >= 4 is 0 Å². The minimum atomic E-state index is -1.17. The first kappa shape index (κ1) is 14.1. The summed E-state index contributed by atoms with van der Waals surface area (Å²) in [5.41, 5.74) is 2.67. The third kappa shape index (κ3) is 8.12. The molecule has 0 spiro atoms. The molecule has 0 aromatic heterocycles. The second-order valence-electron chi connectivity index (χ2n) is 3.39. The number of benzene rings is 1. The number of hydrogen-bond donors (Lipinski definition) is 3. The molecule has 0 aliphatic rings. The van der Waals surface area contributed by atoms with E-state index in [2.05, 4.69) is 19.1 Å². The van der Waals surface area contributed by atoms with Gasteiger partial charge in [0.05, 0.1) is 0 Å². The Labute approximate surface area is 91.0 Å². The topological polar surface area (TPSA) is 60.7 Å². The average molecular weight is 212 g/mol. The first-order chi connectivity index (χ1) is 7.07. The van der Waals surface area contributed by atoms with E-state index in [0.717, 1.165) is 12.8 Å². The summed E-state index contributed by atoms with van der Waals surface area (Å²) in [5, 5.41) is 23.8. The van der Waals surface area contributed by atoms with E-state index in [9.17, 15) is 0 Å². The Bertz CT molecular complexity index is 256. The smallest absolute Gasteiger partial charge is 0.148 e. The van der Waals surface area contributed by atoms with E-state index in [1.54, 1.807) is 0 Å². The van der Waals surface area contributed by atoms with E-state index >= 15 is 0 Å². The minimum Gasteiger partial charge on any atom is -0.396 e. The van der Waals surface area contributed by atoms with Crippen molar-refractivity contribution in [1.82, 2.24) is 0 Å². The van der Waals surface area contributed by atoms with Gasteiger partial charge >= 0.3 is 0 Å². The van der Waals surface area contributed by atoms with Crippen molar-refractivity contribution in [1.29, 1.82) is 0 Å². The van der Waals surface area contributed by atoms with Gasteiger partial charge in [-0.1, -0.05) is 24.3 Å². The number of rotatable bonds is 3.